The van der Waals surface area contributed by atoms with E-state index in [9.17, 15) is 0 Å². The molecule has 76 valence electrons. The fourth-order valence-corrected chi connectivity index (χ4v) is 1.71. The van der Waals surface area contributed by atoms with Crippen LogP contribution in [0.25, 0.3) is 12.2 Å². The highest BCUT2D eigenvalue weighted by Gasteiger charge is 1.99. The smallest absolute Gasteiger partial charge is 0.0477 e. The molecular weight excluding hydrogens is 172 g/mol. The molecule has 0 fully saturated rings. The van der Waals surface area contributed by atoms with Crippen LogP contribution in [0.15, 0.2) is 18.9 Å². The molecule has 0 spiro atoms. The fourth-order valence-electron chi connectivity index (χ4n) is 1.71. The summed E-state index contributed by atoms with van der Waals surface area (Å²) in [6, 6.07) is 0. The van der Waals surface area contributed by atoms with E-state index in [2.05, 4.69) is 42.7 Å². The molecule has 0 atom stereocenters. The van der Waals surface area contributed by atoms with Gasteiger partial charge in [0.15, 0.2) is 0 Å². The molecule has 0 aromatic carbocycles. The molecule has 2 nitrogen and oxygen atoms in total. The van der Waals surface area contributed by atoms with Crippen molar-refractivity contribution in [3.05, 3.63) is 35.0 Å². The number of hydrogen-bond donors (Lipinski definition) is 1. The van der Waals surface area contributed by atoms with Crippen LogP contribution in [-0.2, 0) is 13.6 Å². The van der Waals surface area contributed by atoms with Gasteiger partial charge in [0, 0.05) is 25.1 Å². The molecule has 0 aliphatic rings. The molecule has 0 radical (unpaired) electrons. The average Bonchev–Trinajstić information content (AvgIpc) is 2.44. The maximum absolute atomic E-state index is 3.73. The highest BCUT2D eigenvalue weighted by atomic mass is 14.9. The van der Waals surface area contributed by atoms with Crippen molar-refractivity contribution in [1.82, 2.24) is 9.88 Å². The van der Waals surface area contributed by atoms with Gasteiger partial charge < -0.3 is 9.88 Å². The lowest BCUT2D eigenvalue weighted by Crippen LogP contribution is -2.29. The van der Waals surface area contributed by atoms with Gasteiger partial charge in [0.25, 0.3) is 0 Å². The first-order chi connectivity index (χ1) is 6.74. The summed E-state index contributed by atoms with van der Waals surface area (Å²) < 4.78 is 2.13. The SMILES string of the molecule is C=C/C=c1\c(=C/C)c(CNC)cn1C. The predicted octanol–water partition coefficient (Wildman–Crippen LogP) is 0.511. The average molecular weight is 190 g/mol. The molecule has 1 aromatic rings. The zero-order valence-corrected chi connectivity index (χ0v) is 9.17. The maximum Gasteiger partial charge on any atom is 0.0477 e. The molecule has 1 heterocycles. The highest BCUT2D eigenvalue weighted by molar-refractivity contribution is 5.38. The molecule has 0 amide bonds. The van der Waals surface area contributed by atoms with E-state index in [-0.39, 0.29) is 0 Å². The van der Waals surface area contributed by atoms with Crippen LogP contribution >= 0.6 is 0 Å². The minimum Gasteiger partial charge on any atom is -0.350 e. The summed E-state index contributed by atoms with van der Waals surface area (Å²) in [6.45, 7) is 6.70. The minimum atomic E-state index is 0.901. The van der Waals surface area contributed by atoms with Gasteiger partial charge >= 0.3 is 0 Å². The second kappa shape index (κ2) is 4.82. The standard InChI is InChI=1S/C12H18N2/c1-5-7-12-11(6-2)10(8-13-3)9-14(12)4/h5-7,9,13H,1,8H2,2-4H3/b11-6-,12-7+. The Hall–Kier alpha value is -1.28. The van der Waals surface area contributed by atoms with Crippen molar-refractivity contribution < 1.29 is 0 Å². The first-order valence-corrected chi connectivity index (χ1v) is 4.82. The summed E-state index contributed by atoms with van der Waals surface area (Å²) in [4.78, 5) is 0. The van der Waals surface area contributed by atoms with Gasteiger partial charge in [-0.25, -0.2) is 0 Å². The Balaban J connectivity index is 3.45. The normalized spacial score (nSPS) is 13.6. The van der Waals surface area contributed by atoms with Crippen molar-refractivity contribution in [2.75, 3.05) is 7.05 Å². The highest BCUT2D eigenvalue weighted by Crippen LogP contribution is 1.87. The molecule has 1 N–H and O–H groups in total. The molecule has 0 saturated carbocycles. The molecule has 0 aliphatic heterocycles. The summed E-state index contributed by atoms with van der Waals surface area (Å²) in [7, 11) is 4.02. The van der Waals surface area contributed by atoms with E-state index in [1.54, 1.807) is 0 Å². The van der Waals surface area contributed by atoms with Crippen LogP contribution in [0.2, 0.25) is 0 Å². The predicted molar refractivity (Wildman–Crippen MR) is 62.2 cm³/mol. The Kier molecular flexibility index (Phi) is 3.72. The van der Waals surface area contributed by atoms with E-state index in [1.165, 1.54) is 16.1 Å². The van der Waals surface area contributed by atoms with Gasteiger partial charge in [0.2, 0.25) is 0 Å². The van der Waals surface area contributed by atoms with Crippen LogP contribution in [0.3, 0.4) is 0 Å². The second-order valence-corrected chi connectivity index (χ2v) is 3.29. The quantitative estimate of drug-likeness (QED) is 0.735. The monoisotopic (exact) mass is 190 g/mol. The number of allylic oxidation sites excluding steroid dienone is 1. The van der Waals surface area contributed by atoms with Gasteiger partial charge in [-0.3, -0.25) is 0 Å². The topological polar surface area (TPSA) is 17.0 Å². The number of nitrogens with zero attached hydrogens (tertiary/aromatic N) is 1. The maximum atomic E-state index is 3.73. The van der Waals surface area contributed by atoms with Gasteiger partial charge in [-0.05, 0) is 30.8 Å². The molecule has 1 aromatic heterocycles. The third-order valence-corrected chi connectivity index (χ3v) is 2.28. The van der Waals surface area contributed by atoms with Crippen LogP contribution in [0.1, 0.15) is 12.5 Å². The Labute approximate surface area is 85.3 Å². The van der Waals surface area contributed by atoms with Crippen molar-refractivity contribution in [2.24, 2.45) is 7.05 Å². The van der Waals surface area contributed by atoms with Crippen LogP contribution in [0.5, 0.6) is 0 Å². The van der Waals surface area contributed by atoms with Crippen LogP contribution in [-0.4, -0.2) is 11.6 Å². The molecular formula is C12H18N2. The summed E-state index contributed by atoms with van der Waals surface area (Å²) in [6.07, 6.45) is 8.16. The third kappa shape index (κ3) is 1.96. The summed E-state index contributed by atoms with van der Waals surface area (Å²) in [5.74, 6) is 0. The van der Waals surface area contributed by atoms with E-state index >= 15 is 0 Å². The van der Waals surface area contributed by atoms with E-state index < -0.39 is 0 Å². The molecule has 2 heteroatoms. The van der Waals surface area contributed by atoms with E-state index in [4.69, 9.17) is 0 Å². The van der Waals surface area contributed by atoms with Crippen molar-refractivity contribution in [2.45, 2.75) is 13.5 Å². The second-order valence-electron chi connectivity index (χ2n) is 3.29. The third-order valence-electron chi connectivity index (χ3n) is 2.28. The molecule has 14 heavy (non-hydrogen) atoms. The van der Waals surface area contributed by atoms with Crippen molar-refractivity contribution in [1.29, 1.82) is 0 Å². The van der Waals surface area contributed by atoms with E-state index in [0.717, 1.165) is 6.54 Å². The molecule has 0 aliphatic carbocycles. The number of hydrogen-bond acceptors (Lipinski definition) is 1. The lowest BCUT2D eigenvalue weighted by Gasteiger charge is -1.93. The Morgan fingerprint density at radius 2 is 2.29 bits per heavy atom. The number of aryl methyl sites for hydroxylation is 1. The largest absolute Gasteiger partial charge is 0.350 e. The Morgan fingerprint density at radius 1 is 1.57 bits per heavy atom. The molecule has 1 rings (SSSR count). The molecule has 0 bridgehead atoms. The van der Waals surface area contributed by atoms with Gasteiger partial charge in [-0.2, -0.15) is 0 Å². The first kappa shape index (κ1) is 10.8. The Bertz CT molecular complexity index is 424. The van der Waals surface area contributed by atoms with Crippen LogP contribution < -0.4 is 15.9 Å². The van der Waals surface area contributed by atoms with Gasteiger partial charge in [0.05, 0.1) is 0 Å². The van der Waals surface area contributed by atoms with Crippen molar-refractivity contribution in [3.8, 4) is 0 Å². The lowest BCUT2D eigenvalue weighted by atomic mass is 10.2. The Morgan fingerprint density at radius 3 is 2.79 bits per heavy atom. The zero-order chi connectivity index (χ0) is 10.6. The van der Waals surface area contributed by atoms with Gasteiger partial charge in [-0.1, -0.05) is 18.7 Å². The number of rotatable bonds is 3. The molecule has 0 unspecified atom stereocenters. The first-order valence-electron chi connectivity index (χ1n) is 4.82. The zero-order valence-electron chi connectivity index (χ0n) is 9.17. The van der Waals surface area contributed by atoms with Crippen LogP contribution in [0.4, 0.5) is 0 Å². The van der Waals surface area contributed by atoms with Crippen molar-refractivity contribution >= 4 is 12.2 Å². The van der Waals surface area contributed by atoms with Crippen LogP contribution in [0, 0.1) is 0 Å². The minimum absolute atomic E-state index is 0.901. The summed E-state index contributed by atoms with van der Waals surface area (Å²) >= 11 is 0. The van der Waals surface area contributed by atoms with Gasteiger partial charge in [-0.15, -0.1) is 0 Å². The number of aromatic nitrogens is 1. The number of nitrogens with one attached hydrogen (secondary N) is 1. The summed E-state index contributed by atoms with van der Waals surface area (Å²) in [5, 5.41) is 5.68. The fraction of sp³-hybridized carbons (Fsp3) is 0.333. The van der Waals surface area contributed by atoms with E-state index in [0.29, 0.717) is 0 Å². The molecule has 0 saturated heterocycles. The summed E-state index contributed by atoms with van der Waals surface area (Å²) in [5.41, 5.74) is 1.32. The lowest BCUT2D eigenvalue weighted by molar-refractivity contribution is 0.808. The van der Waals surface area contributed by atoms with Gasteiger partial charge in [0.1, 0.15) is 0 Å². The van der Waals surface area contributed by atoms with E-state index in [1.807, 2.05) is 19.2 Å². The van der Waals surface area contributed by atoms with Crippen molar-refractivity contribution in [3.63, 3.8) is 0 Å².